The van der Waals surface area contributed by atoms with Gasteiger partial charge in [0.15, 0.2) is 6.10 Å². The molecule has 2 bridgehead atoms. The van der Waals surface area contributed by atoms with Crippen LogP contribution in [0, 0.1) is 5.92 Å². The second-order valence-electron chi connectivity index (χ2n) is 9.19. The minimum absolute atomic E-state index is 0.188. The minimum atomic E-state index is -1.79. The van der Waals surface area contributed by atoms with Crippen LogP contribution in [0.2, 0.25) is 0 Å². The van der Waals surface area contributed by atoms with Crippen molar-refractivity contribution in [1.29, 1.82) is 0 Å². The average molecular weight is 465 g/mol. The first-order chi connectivity index (χ1) is 16.1. The van der Waals surface area contributed by atoms with Crippen LogP contribution >= 0.6 is 11.3 Å². The van der Waals surface area contributed by atoms with Gasteiger partial charge >= 0.3 is 5.97 Å². The van der Waals surface area contributed by atoms with Crippen LogP contribution in [0.5, 0.6) is 5.75 Å². The second-order valence-corrected chi connectivity index (χ2v) is 10.1. The first kappa shape index (κ1) is 22.1. The zero-order chi connectivity index (χ0) is 22.7. The lowest BCUT2D eigenvalue weighted by atomic mass is 9.83. The van der Waals surface area contributed by atoms with Crippen LogP contribution < -0.4 is 4.74 Å². The minimum Gasteiger partial charge on any atom is -0.488 e. The van der Waals surface area contributed by atoms with E-state index in [1.165, 1.54) is 11.3 Å². The number of benzene rings is 2. The summed E-state index contributed by atoms with van der Waals surface area (Å²) in [4.78, 5) is 14.1. The van der Waals surface area contributed by atoms with Crippen LogP contribution in [0.1, 0.15) is 23.3 Å². The number of fused-ring (bicyclic) bond motifs is 3. The highest BCUT2D eigenvalue weighted by atomic mass is 32.1. The smallest absolute Gasteiger partial charge is 0.349 e. The van der Waals surface area contributed by atoms with Gasteiger partial charge in [0.2, 0.25) is 5.60 Å². The SMILES string of the molecule is O=C(O[C@H]1C[N+]2(CCOc3ccccc3)CCC1CC2)[C@](O)(c1ccccc1)c1cccs1. The number of rotatable bonds is 8. The number of quaternary nitrogens is 1. The lowest BCUT2D eigenvalue weighted by Gasteiger charge is -2.52. The molecule has 3 aromatic rings. The number of hydrogen-bond acceptors (Lipinski definition) is 5. The maximum absolute atomic E-state index is 13.5. The number of thiophene rings is 1. The number of nitrogens with zero attached hydrogens (tertiary/aromatic N) is 1. The zero-order valence-corrected chi connectivity index (χ0v) is 19.5. The van der Waals surface area contributed by atoms with Crippen molar-refractivity contribution in [3.8, 4) is 5.75 Å². The van der Waals surface area contributed by atoms with Gasteiger partial charge in [-0.1, -0.05) is 54.6 Å². The molecule has 3 fully saturated rings. The first-order valence-corrected chi connectivity index (χ1v) is 12.5. The highest BCUT2D eigenvalue weighted by Gasteiger charge is 2.50. The van der Waals surface area contributed by atoms with Crippen molar-refractivity contribution >= 4 is 17.3 Å². The highest BCUT2D eigenvalue weighted by molar-refractivity contribution is 7.10. The molecule has 2 aromatic carbocycles. The molecule has 2 atom stereocenters. The number of aliphatic hydroxyl groups is 1. The normalized spacial score (nSPS) is 25.8. The zero-order valence-electron chi connectivity index (χ0n) is 18.6. The Kier molecular flexibility index (Phi) is 6.23. The lowest BCUT2D eigenvalue weighted by molar-refractivity contribution is -0.946. The molecule has 0 amide bonds. The number of carbonyl (C=O) groups excluding carboxylic acids is 1. The van der Waals surface area contributed by atoms with E-state index in [1.807, 2.05) is 60.0 Å². The number of carbonyl (C=O) groups is 1. The number of para-hydroxylation sites is 1. The van der Waals surface area contributed by atoms with Gasteiger partial charge in [-0.15, -0.1) is 11.3 Å². The van der Waals surface area contributed by atoms with Crippen LogP contribution in [0.3, 0.4) is 0 Å². The Morgan fingerprint density at radius 2 is 1.70 bits per heavy atom. The molecule has 3 aliphatic rings. The molecule has 0 unspecified atom stereocenters. The highest BCUT2D eigenvalue weighted by Crippen LogP contribution is 2.39. The molecule has 5 nitrogen and oxygen atoms in total. The van der Waals surface area contributed by atoms with Gasteiger partial charge in [-0.2, -0.15) is 0 Å². The summed E-state index contributed by atoms with van der Waals surface area (Å²) in [7, 11) is 0. The van der Waals surface area contributed by atoms with Gasteiger partial charge in [0.05, 0.1) is 18.0 Å². The summed E-state index contributed by atoms with van der Waals surface area (Å²) >= 11 is 1.37. The molecule has 3 saturated heterocycles. The Balaban J connectivity index is 1.29. The van der Waals surface area contributed by atoms with Crippen LogP contribution in [0.15, 0.2) is 78.2 Å². The van der Waals surface area contributed by atoms with Crippen LogP contribution in [-0.2, 0) is 15.1 Å². The topological polar surface area (TPSA) is 55.8 Å². The molecule has 3 aliphatic heterocycles. The number of hydrogen-bond donors (Lipinski definition) is 1. The monoisotopic (exact) mass is 464 g/mol. The fraction of sp³-hybridized carbons (Fsp3) is 0.370. The van der Waals surface area contributed by atoms with Gasteiger partial charge in [-0.05, 0) is 23.6 Å². The first-order valence-electron chi connectivity index (χ1n) is 11.6. The van der Waals surface area contributed by atoms with Gasteiger partial charge in [0, 0.05) is 24.3 Å². The predicted octanol–water partition coefficient (Wildman–Crippen LogP) is 4.22. The van der Waals surface area contributed by atoms with Gasteiger partial charge in [0.1, 0.15) is 25.4 Å². The maximum Gasteiger partial charge on any atom is 0.349 e. The molecule has 1 aromatic heterocycles. The third-order valence-electron chi connectivity index (χ3n) is 7.24. The third kappa shape index (κ3) is 4.43. The van der Waals surface area contributed by atoms with Crippen LogP contribution in [0.25, 0.3) is 0 Å². The molecular formula is C27H30NO4S+. The quantitative estimate of drug-likeness (QED) is 0.401. The van der Waals surface area contributed by atoms with Crippen molar-refractivity contribution in [2.75, 3.05) is 32.8 Å². The van der Waals surface area contributed by atoms with E-state index in [0.717, 1.165) is 49.3 Å². The Hall–Kier alpha value is -2.67. The summed E-state index contributed by atoms with van der Waals surface area (Å²) in [5.74, 6) is 0.662. The molecule has 172 valence electrons. The Morgan fingerprint density at radius 3 is 2.36 bits per heavy atom. The summed E-state index contributed by atoms with van der Waals surface area (Å²) in [6.45, 7) is 4.49. The summed E-state index contributed by atoms with van der Waals surface area (Å²) in [5.41, 5.74) is -1.25. The van der Waals surface area contributed by atoms with Gasteiger partial charge in [-0.3, -0.25) is 0 Å². The van der Waals surface area contributed by atoms with E-state index in [1.54, 1.807) is 18.2 Å². The van der Waals surface area contributed by atoms with Crippen molar-refractivity contribution < 1.29 is 23.9 Å². The fourth-order valence-electron chi connectivity index (χ4n) is 5.29. The number of esters is 1. The van der Waals surface area contributed by atoms with Crippen molar-refractivity contribution in [1.82, 2.24) is 0 Å². The molecule has 0 spiro atoms. The standard InChI is InChI=1S/C27H30NO4S/c29-26(27(30,25-12-7-19-33-25)22-8-3-1-4-9-22)32-24-20-28(15-13-21(24)14-16-28)17-18-31-23-10-5-2-6-11-23/h1-12,19,21,24,30H,13-18,20H2/q+1/t21?,24-,27-,28?/m0/s1. The molecule has 0 radical (unpaired) electrons. The maximum atomic E-state index is 13.5. The second kappa shape index (κ2) is 9.29. The molecule has 1 N–H and O–H groups in total. The van der Waals surface area contributed by atoms with Crippen molar-refractivity contribution in [2.45, 2.75) is 24.5 Å². The molecule has 0 saturated carbocycles. The van der Waals surface area contributed by atoms with Crippen molar-refractivity contribution in [3.05, 3.63) is 88.6 Å². The Bertz CT molecular complexity index is 1050. The van der Waals surface area contributed by atoms with Crippen molar-refractivity contribution in [2.24, 2.45) is 5.92 Å². The molecule has 6 heteroatoms. The molecule has 4 heterocycles. The van der Waals surface area contributed by atoms with E-state index in [0.29, 0.717) is 23.0 Å². The van der Waals surface area contributed by atoms with Crippen LogP contribution in [-0.4, -0.2) is 54.4 Å². The summed E-state index contributed by atoms with van der Waals surface area (Å²) in [6.07, 6.45) is 1.88. The predicted molar refractivity (Wildman–Crippen MR) is 128 cm³/mol. The van der Waals surface area contributed by atoms with Gasteiger partial charge in [0.25, 0.3) is 0 Å². The van der Waals surface area contributed by atoms with Gasteiger partial charge < -0.3 is 19.1 Å². The third-order valence-corrected chi connectivity index (χ3v) is 8.22. The van der Waals surface area contributed by atoms with E-state index in [-0.39, 0.29) is 6.10 Å². The van der Waals surface area contributed by atoms with E-state index in [4.69, 9.17) is 9.47 Å². The van der Waals surface area contributed by atoms with Gasteiger partial charge in [-0.25, -0.2) is 4.79 Å². The molecular weight excluding hydrogens is 434 g/mol. The summed E-state index contributed by atoms with van der Waals surface area (Å²) < 4.78 is 13.0. The summed E-state index contributed by atoms with van der Waals surface area (Å²) in [6, 6.07) is 22.6. The molecule has 33 heavy (non-hydrogen) atoms. The fourth-order valence-corrected chi connectivity index (χ4v) is 6.12. The van der Waals surface area contributed by atoms with Crippen molar-refractivity contribution in [3.63, 3.8) is 0 Å². The number of ether oxygens (including phenoxy) is 2. The Morgan fingerprint density at radius 1 is 1.00 bits per heavy atom. The Labute approximate surface area is 198 Å². The number of piperidine rings is 3. The van der Waals surface area contributed by atoms with Crippen LogP contribution in [0.4, 0.5) is 0 Å². The van der Waals surface area contributed by atoms with E-state index in [2.05, 4.69) is 0 Å². The molecule has 6 rings (SSSR count). The summed E-state index contributed by atoms with van der Waals surface area (Å²) in [5, 5.41) is 13.5. The molecule has 0 aliphatic carbocycles. The largest absolute Gasteiger partial charge is 0.488 e. The van der Waals surface area contributed by atoms with E-state index >= 15 is 0 Å². The lowest BCUT2D eigenvalue weighted by Crippen LogP contribution is -2.65. The average Bonchev–Trinajstić information content (AvgIpc) is 3.41. The van der Waals surface area contributed by atoms with E-state index in [9.17, 15) is 9.90 Å². The van der Waals surface area contributed by atoms with E-state index < -0.39 is 11.6 Å².